The number of hydroxylamine groups is 1. The van der Waals surface area contributed by atoms with Crippen molar-refractivity contribution >= 4 is 17.5 Å². The number of hydrogen-bond acceptors (Lipinski definition) is 7. The number of carbonyl (C=O) groups excluding carboxylic acids is 2. The maximum Gasteiger partial charge on any atom is 0.252 e. The Labute approximate surface area is 120 Å². The number of phenols is 1. The summed E-state index contributed by atoms with van der Waals surface area (Å²) in [6.07, 6.45) is -0.632. The number of amides is 2. The molecule has 0 saturated heterocycles. The van der Waals surface area contributed by atoms with Crippen LogP contribution in [-0.4, -0.2) is 43.5 Å². The van der Waals surface area contributed by atoms with E-state index in [2.05, 4.69) is 5.32 Å². The average Bonchev–Trinajstić information content (AvgIpc) is 2.47. The predicted molar refractivity (Wildman–Crippen MR) is 70.9 cm³/mol. The van der Waals surface area contributed by atoms with E-state index < -0.39 is 18.2 Å². The lowest BCUT2D eigenvalue weighted by Gasteiger charge is -2.17. The summed E-state index contributed by atoms with van der Waals surface area (Å²) in [7, 11) is 4.05. The minimum atomic E-state index is -0.897. The van der Waals surface area contributed by atoms with Crippen LogP contribution in [0, 0.1) is 0 Å². The first kappa shape index (κ1) is 16.4. The molecule has 4 N–H and O–H groups in total. The van der Waals surface area contributed by atoms with E-state index in [1.807, 2.05) is 0 Å². The molecule has 2 amide bonds. The van der Waals surface area contributed by atoms with Gasteiger partial charge >= 0.3 is 0 Å². The van der Waals surface area contributed by atoms with Crippen molar-refractivity contribution in [1.29, 1.82) is 0 Å². The van der Waals surface area contributed by atoms with Crippen molar-refractivity contribution in [2.45, 2.75) is 6.42 Å². The molecule has 116 valence electrons. The molecule has 0 heterocycles. The van der Waals surface area contributed by atoms with Gasteiger partial charge in [-0.2, -0.15) is 0 Å². The van der Waals surface area contributed by atoms with E-state index in [1.54, 1.807) is 0 Å². The summed E-state index contributed by atoms with van der Waals surface area (Å²) in [6.45, 7) is 0. The van der Waals surface area contributed by atoms with Crippen LogP contribution in [0.25, 0.3) is 0 Å². The van der Waals surface area contributed by atoms with Crippen LogP contribution in [0.3, 0.4) is 0 Å². The van der Waals surface area contributed by atoms with Crippen LogP contribution >= 0.6 is 0 Å². The number of aromatic hydroxyl groups is 1. The summed E-state index contributed by atoms with van der Waals surface area (Å²) in [5.74, 6) is -1.58. The Morgan fingerprint density at radius 1 is 1.10 bits per heavy atom. The van der Waals surface area contributed by atoms with Crippen molar-refractivity contribution in [3.05, 3.63) is 6.07 Å². The van der Waals surface area contributed by atoms with Crippen LogP contribution in [0.4, 0.5) is 5.69 Å². The lowest BCUT2D eigenvalue weighted by atomic mass is 10.2. The summed E-state index contributed by atoms with van der Waals surface area (Å²) < 4.78 is 15.2. The summed E-state index contributed by atoms with van der Waals surface area (Å²) in [4.78, 5) is 22.5. The summed E-state index contributed by atoms with van der Waals surface area (Å²) in [5.41, 5.74) is 1.25. The van der Waals surface area contributed by atoms with Gasteiger partial charge in [0.2, 0.25) is 11.7 Å². The molecule has 1 rings (SSSR count). The number of methoxy groups -OCH3 is 3. The maximum absolute atomic E-state index is 11.6. The van der Waals surface area contributed by atoms with Crippen molar-refractivity contribution in [2.75, 3.05) is 26.6 Å². The smallest absolute Gasteiger partial charge is 0.252 e. The van der Waals surface area contributed by atoms with Gasteiger partial charge in [-0.1, -0.05) is 0 Å². The SMILES string of the molecule is COc1cc(O)c(NC(=O)CC(=O)NO)c(OC)c1OC. The van der Waals surface area contributed by atoms with E-state index in [4.69, 9.17) is 19.4 Å². The molecule has 9 nitrogen and oxygen atoms in total. The molecule has 0 atom stereocenters. The standard InChI is InChI=1S/C12H16N2O7/c1-19-7-4-6(15)10(12(21-3)11(7)20-2)13-8(16)5-9(17)14-18/h4,15,18H,5H2,1-3H3,(H,13,16)(H,14,17). The van der Waals surface area contributed by atoms with Crippen molar-refractivity contribution in [3.63, 3.8) is 0 Å². The van der Waals surface area contributed by atoms with E-state index in [0.29, 0.717) is 0 Å². The number of anilines is 1. The van der Waals surface area contributed by atoms with Gasteiger partial charge in [-0.25, -0.2) is 5.48 Å². The minimum Gasteiger partial charge on any atom is -0.505 e. The van der Waals surface area contributed by atoms with E-state index in [1.165, 1.54) is 32.9 Å². The number of phenolic OH excluding ortho intramolecular Hbond substituents is 1. The number of hydrogen-bond donors (Lipinski definition) is 4. The fourth-order valence-electron chi connectivity index (χ4n) is 1.63. The van der Waals surface area contributed by atoms with Crippen LogP contribution in [0.5, 0.6) is 23.0 Å². The van der Waals surface area contributed by atoms with Crippen LogP contribution < -0.4 is 25.0 Å². The van der Waals surface area contributed by atoms with Gasteiger partial charge in [0.25, 0.3) is 5.91 Å². The highest BCUT2D eigenvalue weighted by atomic mass is 16.5. The molecule has 21 heavy (non-hydrogen) atoms. The fourth-order valence-corrected chi connectivity index (χ4v) is 1.63. The molecule has 0 radical (unpaired) electrons. The summed E-state index contributed by atoms with van der Waals surface area (Å²) in [5, 5.41) is 20.6. The summed E-state index contributed by atoms with van der Waals surface area (Å²) in [6, 6.07) is 1.23. The van der Waals surface area contributed by atoms with Gasteiger partial charge in [-0.3, -0.25) is 14.8 Å². The van der Waals surface area contributed by atoms with Gasteiger partial charge in [0.05, 0.1) is 21.3 Å². The largest absolute Gasteiger partial charge is 0.505 e. The molecule has 0 aliphatic rings. The van der Waals surface area contributed by atoms with Crippen molar-refractivity contribution in [2.24, 2.45) is 0 Å². The number of benzene rings is 1. The normalized spacial score (nSPS) is 9.71. The molecule has 0 spiro atoms. The van der Waals surface area contributed by atoms with Gasteiger partial charge in [0, 0.05) is 6.07 Å². The average molecular weight is 300 g/mol. The van der Waals surface area contributed by atoms with Gasteiger partial charge < -0.3 is 24.6 Å². The molecule has 1 aromatic rings. The third-order valence-corrected chi connectivity index (χ3v) is 2.52. The van der Waals surface area contributed by atoms with E-state index in [9.17, 15) is 14.7 Å². The van der Waals surface area contributed by atoms with Crippen LogP contribution in [0.1, 0.15) is 6.42 Å². The van der Waals surface area contributed by atoms with Gasteiger partial charge in [0.15, 0.2) is 11.5 Å². The number of carbonyl (C=O) groups is 2. The molecule has 1 aromatic carbocycles. The first-order chi connectivity index (χ1) is 9.98. The van der Waals surface area contributed by atoms with E-state index in [-0.39, 0.29) is 28.7 Å². The monoisotopic (exact) mass is 300 g/mol. The second-order valence-electron chi connectivity index (χ2n) is 3.80. The molecule has 0 aliphatic carbocycles. The molecular formula is C12H16N2O7. The Balaban J connectivity index is 3.17. The Kier molecular flexibility index (Phi) is 5.61. The molecule has 0 bridgehead atoms. The predicted octanol–water partition coefficient (Wildman–Crippen LogP) is 0.252. The van der Waals surface area contributed by atoms with Crippen LogP contribution in [-0.2, 0) is 9.59 Å². The highest BCUT2D eigenvalue weighted by Crippen LogP contribution is 2.48. The highest BCUT2D eigenvalue weighted by Gasteiger charge is 2.22. The quantitative estimate of drug-likeness (QED) is 0.257. The Bertz CT molecular complexity index is 545. The molecular weight excluding hydrogens is 284 g/mol. The zero-order chi connectivity index (χ0) is 16.0. The molecule has 0 saturated carbocycles. The Morgan fingerprint density at radius 2 is 1.71 bits per heavy atom. The van der Waals surface area contributed by atoms with E-state index >= 15 is 0 Å². The van der Waals surface area contributed by atoms with Crippen molar-refractivity contribution < 1.29 is 34.1 Å². The Hall–Kier alpha value is -2.68. The highest BCUT2D eigenvalue weighted by molar-refractivity contribution is 6.05. The number of nitrogens with one attached hydrogen (secondary N) is 2. The van der Waals surface area contributed by atoms with E-state index in [0.717, 1.165) is 0 Å². The molecule has 0 fully saturated rings. The fraction of sp³-hybridized carbons (Fsp3) is 0.333. The van der Waals surface area contributed by atoms with Crippen molar-refractivity contribution in [1.82, 2.24) is 5.48 Å². The zero-order valence-corrected chi connectivity index (χ0v) is 11.7. The minimum absolute atomic E-state index is 0.0344. The molecule has 0 aliphatic heterocycles. The second kappa shape index (κ2) is 7.20. The molecule has 0 unspecified atom stereocenters. The molecule has 0 aromatic heterocycles. The zero-order valence-electron chi connectivity index (χ0n) is 11.7. The van der Waals surface area contributed by atoms with Gasteiger partial charge in [-0.05, 0) is 0 Å². The first-order valence-electron chi connectivity index (χ1n) is 5.73. The maximum atomic E-state index is 11.6. The van der Waals surface area contributed by atoms with Gasteiger partial charge in [-0.15, -0.1) is 0 Å². The molecule has 9 heteroatoms. The lowest BCUT2D eigenvalue weighted by Crippen LogP contribution is -2.25. The second-order valence-corrected chi connectivity index (χ2v) is 3.80. The van der Waals surface area contributed by atoms with Gasteiger partial charge in [0.1, 0.15) is 17.9 Å². The van der Waals surface area contributed by atoms with Crippen molar-refractivity contribution in [3.8, 4) is 23.0 Å². The third kappa shape index (κ3) is 3.66. The number of rotatable bonds is 6. The number of ether oxygens (including phenoxy) is 3. The third-order valence-electron chi connectivity index (χ3n) is 2.52. The summed E-state index contributed by atoms with van der Waals surface area (Å²) >= 11 is 0. The lowest BCUT2D eigenvalue weighted by molar-refractivity contribution is -0.132. The van der Waals surface area contributed by atoms with Crippen LogP contribution in [0.2, 0.25) is 0 Å². The van der Waals surface area contributed by atoms with Crippen LogP contribution in [0.15, 0.2) is 6.07 Å². The Morgan fingerprint density at radius 3 is 2.19 bits per heavy atom. The first-order valence-corrected chi connectivity index (χ1v) is 5.73. The topological polar surface area (TPSA) is 126 Å².